The maximum Gasteiger partial charge on any atom is 0.270 e. The van der Waals surface area contributed by atoms with Gasteiger partial charge in [0.2, 0.25) is 10.0 Å². The zero-order valence-corrected chi connectivity index (χ0v) is 17.9. The van der Waals surface area contributed by atoms with Crippen molar-refractivity contribution in [3.8, 4) is 11.1 Å². The molecule has 0 unspecified atom stereocenters. The highest BCUT2D eigenvalue weighted by Gasteiger charge is 2.31. The number of anilines is 1. The summed E-state index contributed by atoms with van der Waals surface area (Å²) in [5.74, 6) is 0. The molecule has 10 heteroatoms. The molecule has 0 bridgehead atoms. The van der Waals surface area contributed by atoms with Crippen molar-refractivity contribution in [2.45, 2.75) is 24.3 Å². The van der Waals surface area contributed by atoms with Gasteiger partial charge in [0.25, 0.3) is 5.69 Å². The molecule has 0 radical (unpaired) electrons. The second-order valence-corrected chi connectivity index (χ2v) is 9.41. The number of nitrogens with one attached hydrogen (secondary N) is 1. The number of benzene rings is 2. The van der Waals surface area contributed by atoms with E-state index >= 15 is 0 Å². The zero-order chi connectivity index (χ0) is 22.0. The molecule has 0 atom stereocenters. The molecule has 2 heterocycles. The van der Waals surface area contributed by atoms with Gasteiger partial charge in [-0.1, -0.05) is 18.2 Å². The second kappa shape index (κ2) is 8.48. The van der Waals surface area contributed by atoms with Crippen LogP contribution in [0.25, 0.3) is 11.1 Å². The smallest absolute Gasteiger partial charge is 0.270 e. The lowest BCUT2D eigenvalue weighted by Crippen LogP contribution is -2.28. The Balaban J connectivity index is 1.62. The van der Waals surface area contributed by atoms with Gasteiger partial charge in [-0.25, -0.2) is 8.42 Å². The number of non-ortho nitro benzene ring substituents is 1. The molecule has 31 heavy (non-hydrogen) atoms. The van der Waals surface area contributed by atoms with Gasteiger partial charge >= 0.3 is 0 Å². The first kappa shape index (κ1) is 21.0. The van der Waals surface area contributed by atoms with Crippen molar-refractivity contribution >= 4 is 21.4 Å². The van der Waals surface area contributed by atoms with Gasteiger partial charge in [0.1, 0.15) is 4.90 Å². The van der Waals surface area contributed by atoms with Crippen LogP contribution in [-0.4, -0.2) is 40.5 Å². The van der Waals surface area contributed by atoms with E-state index in [-0.39, 0.29) is 10.6 Å². The van der Waals surface area contributed by atoms with Crippen LogP contribution in [0.2, 0.25) is 0 Å². The monoisotopic (exact) mass is 441 g/mol. The summed E-state index contributed by atoms with van der Waals surface area (Å²) in [6, 6.07) is 11.8. The molecule has 1 aliphatic heterocycles. The van der Waals surface area contributed by atoms with Crippen molar-refractivity contribution in [3.05, 3.63) is 70.5 Å². The van der Waals surface area contributed by atoms with Crippen molar-refractivity contribution in [2.24, 2.45) is 7.05 Å². The number of nitro benzene ring substituents is 1. The van der Waals surface area contributed by atoms with E-state index in [1.807, 2.05) is 37.5 Å². The van der Waals surface area contributed by atoms with Crippen molar-refractivity contribution < 1.29 is 13.3 Å². The van der Waals surface area contributed by atoms with Crippen molar-refractivity contribution in [3.63, 3.8) is 0 Å². The molecule has 1 aromatic heterocycles. The van der Waals surface area contributed by atoms with Gasteiger partial charge in [0, 0.05) is 50.6 Å². The summed E-state index contributed by atoms with van der Waals surface area (Å²) in [5.41, 5.74) is 3.04. The minimum atomic E-state index is -3.82. The molecule has 1 N–H and O–H groups in total. The van der Waals surface area contributed by atoms with E-state index in [0.29, 0.717) is 25.3 Å². The van der Waals surface area contributed by atoms with Crippen LogP contribution in [0.4, 0.5) is 11.4 Å². The summed E-state index contributed by atoms with van der Waals surface area (Å²) in [6.45, 7) is 1.23. The first-order valence-corrected chi connectivity index (χ1v) is 11.4. The largest absolute Gasteiger partial charge is 0.380 e. The molecule has 162 valence electrons. The highest BCUT2D eigenvalue weighted by molar-refractivity contribution is 7.89. The third-order valence-electron chi connectivity index (χ3n) is 5.31. The highest BCUT2D eigenvalue weighted by Crippen LogP contribution is 2.31. The molecular weight excluding hydrogens is 418 g/mol. The van der Waals surface area contributed by atoms with E-state index in [1.165, 1.54) is 16.4 Å². The average molecular weight is 442 g/mol. The average Bonchev–Trinajstić information content (AvgIpc) is 3.45. The maximum absolute atomic E-state index is 13.1. The van der Waals surface area contributed by atoms with E-state index in [0.717, 1.165) is 35.6 Å². The fourth-order valence-electron chi connectivity index (χ4n) is 3.68. The fourth-order valence-corrected chi connectivity index (χ4v) is 5.38. The van der Waals surface area contributed by atoms with Crippen molar-refractivity contribution in [1.29, 1.82) is 0 Å². The molecule has 1 fully saturated rings. The number of nitrogens with zero attached hydrogens (tertiary/aromatic N) is 4. The summed E-state index contributed by atoms with van der Waals surface area (Å²) < 4.78 is 29.4. The first-order chi connectivity index (χ1) is 14.8. The Hall–Kier alpha value is -3.24. The normalized spacial score (nSPS) is 14.6. The van der Waals surface area contributed by atoms with E-state index in [9.17, 15) is 18.5 Å². The summed E-state index contributed by atoms with van der Waals surface area (Å²) in [4.78, 5) is 10.6. The molecule has 0 aliphatic carbocycles. The Morgan fingerprint density at radius 3 is 2.58 bits per heavy atom. The minimum Gasteiger partial charge on any atom is -0.380 e. The highest BCUT2D eigenvalue weighted by atomic mass is 32.2. The van der Waals surface area contributed by atoms with E-state index in [4.69, 9.17) is 0 Å². The third-order valence-corrected chi connectivity index (χ3v) is 7.25. The lowest BCUT2D eigenvalue weighted by molar-refractivity contribution is -0.385. The topological polar surface area (TPSA) is 110 Å². The van der Waals surface area contributed by atoms with Gasteiger partial charge in [-0.3, -0.25) is 14.8 Å². The van der Waals surface area contributed by atoms with Crippen LogP contribution in [0.5, 0.6) is 0 Å². The first-order valence-electron chi connectivity index (χ1n) is 9.95. The van der Waals surface area contributed by atoms with Gasteiger partial charge in [-0.2, -0.15) is 9.40 Å². The molecule has 1 saturated heterocycles. The molecule has 9 nitrogen and oxygen atoms in total. The van der Waals surface area contributed by atoms with Crippen molar-refractivity contribution in [2.75, 3.05) is 18.4 Å². The Bertz CT molecular complexity index is 1220. The van der Waals surface area contributed by atoms with Crippen molar-refractivity contribution in [1.82, 2.24) is 14.1 Å². The van der Waals surface area contributed by atoms with Gasteiger partial charge in [0.15, 0.2) is 0 Å². The van der Waals surface area contributed by atoms with Crippen LogP contribution >= 0.6 is 0 Å². The molecule has 0 spiro atoms. The fraction of sp³-hybridized carbons (Fsp3) is 0.286. The maximum atomic E-state index is 13.1. The second-order valence-electron chi connectivity index (χ2n) is 7.51. The van der Waals surface area contributed by atoms with Crippen LogP contribution in [0, 0.1) is 10.1 Å². The zero-order valence-electron chi connectivity index (χ0n) is 17.1. The number of rotatable bonds is 7. The van der Waals surface area contributed by atoms with E-state index in [2.05, 4.69) is 10.4 Å². The number of sulfonamides is 1. The quantitative estimate of drug-likeness (QED) is 0.444. The van der Waals surface area contributed by atoms with Crippen LogP contribution < -0.4 is 5.32 Å². The molecule has 1 aliphatic rings. The molecule has 0 saturated carbocycles. The number of hydrogen-bond donors (Lipinski definition) is 1. The van der Waals surface area contributed by atoms with Crippen LogP contribution in [0.3, 0.4) is 0 Å². The van der Waals surface area contributed by atoms with Gasteiger partial charge in [-0.05, 0) is 36.1 Å². The summed E-state index contributed by atoms with van der Waals surface area (Å²) in [6.07, 6.45) is 5.28. The van der Waals surface area contributed by atoms with E-state index < -0.39 is 14.9 Å². The van der Waals surface area contributed by atoms with Gasteiger partial charge < -0.3 is 5.32 Å². The molecule has 4 rings (SSSR count). The van der Waals surface area contributed by atoms with Gasteiger partial charge in [-0.15, -0.1) is 0 Å². The summed E-state index contributed by atoms with van der Waals surface area (Å²) >= 11 is 0. The predicted molar refractivity (Wildman–Crippen MR) is 117 cm³/mol. The lowest BCUT2D eigenvalue weighted by atomic mass is 10.1. The Kier molecular flexibility index (Phi) is 5.75. The molecule has 3 aromatic rings. The Morgan fingerprint density at radius 2 is 1.90 bits per heavy atom. The molecular formula is C21H23N5O4S. The number of hydrogen-bond acceptors (Lipinski definition) is 6. The Morgan fingerprint density at radius 1 is 1.13 bits per heavy atom. The number of nitro groups is 1. The standard InChI is InChI=1S/C21H23N5O4S/c1-24-15-18(14-23-24)17-6-4-5-16(11-17)13-22-20-8-7-19(26(27)28)12-21(20)31(29,30)25-9-2-3-10-25/h4-8,11-12,14-15,22H,2-3,9-10,13H2,1H3. The SMILES string of the molecule is Cn1cc(-c2cccc(CNc3ccc([N+](=O)[O-])cc3S(=O)(=O)N3CCCC3)c2)cn1. The third kappa shape index (κ3) is 4.44. The molecule has 0 amide bonds. The Labute approximate surface area is 180 Å². The number of aryl methyl sites for hydroxylation is 1. The predicted octanol–water partition coefficient (Wildman–Crippen LogP) is 3.39. The van der Waals surface area contributed by atoms with E-state index in [1.54, 1.807) is 10.9 Å². The lowest BCUT2D eigenvalue weighted by Gasteiger charge is -2.19. The van der Waals surface area contributed by atoms with Crippen LogP contribution in [0.15, 0.2) is 59.8 Å². The summed E-state index contributed by atoms with van der Waals surface area (Å²) in [7, 11) is -1.97. The number of aromatic nitrogens is 2. The van der Waals surface area contributed by atoms with Gasteiger partial charge in [0.05, 0.1) is 16.8 Å². The minimum absolute atomic E-state index is 0.0630. The van der Waals surface area contributed by atoms with Crippen LogP contribution in [0.1, 0.15) is 18.4 Å². The molecule has 2 aromatic carbocycles. The van der Waals surface area contributed by atoms with Crippen LogP contribution in [-0.2, 0) is 23.6 Å². The summed E-state index contributed by atoms with van der Waals surface area (Å²) in [5, 5.41) is 18.6.